The summed E-state index contributed by atoms with van der Waals surface area (Å²) in [6.07, 6.45) is 0.734. The van der Waals surface area contributed by atoms with Gasteiger partial charge in [0, 0.05) is 18.0 Å². The molecular formula is C14H19N3O2. The molecule has 5 heteroatoms. The van der Waals surface area contributed by atoms with E-state index in [1.165, 1.54) is 0 Å². The van der Waals surface area contributed by atoms with E-state index in [0.717, 1.165) is 11.3 Å². The molecular weight excluding hydrogens is 242 g/mol. The topological polar surface area (TPSA) is 74.2 Å². The summed E-state index contributed by atoms with van der Waals surface area (Å²) in [5, 5.41) is 3.92. The molecule has 0 aliphatic carbocycles. The summed E-state index contributed by atoms with van der Waals surface area (Å²) in [7, 11) is 0. The van der Waals surface area contributed by atoms with Crippen LogP contribution in [0.1, 0.15) is 26.6 Å². The molecule has 19 heavy (non-hydrogen) atoms. The smallest absolute Gasteiger partial charge is 0.258 e. The van der Waals surface area contributed by atoms with Gasteiger partial charge in [0.1, 0.15) is 5.75 Å². The van der Waals surface area contributed by atoms with E-state index < -0.39 is 0 Å². The molecule has 1 heterocycles. The molecule has 2 rings (SSSR count). The molecule has 1 aromatic carbocycles. The highest BCUT2D eigenvalue weighted by atomic mass is 16.5. The van der Waals surface area contributed by atoms with Crippen LogP contribution in [0.3, 0.4) is 0 Å². The number of aromatic nitrogens is 2. The molecule has 0 aliphatic rings. The van der Waals surface area contributed by atoms with Crippen LogP contribution in [0.4, 0.5) is 0 Å². The molecule has 102 valence electrons. The van der Waals surface area contributed by atoms with Gasteiger partial charge < -0.3 is 15.0 Å². The van der Waals surface area contributed by atoms with Crippen LogP contribution in [-0.2, 0) is 6.42 Å². The van der Waals surface area contributed by atoms with Gasteiger partial charge in [0.05, 0.1) is 6.10 Å². The summed E-state index contributed by atoms with van der Waals surface area (Å²) in [6, 6.07) is 7.63. The lowest BCUT2D eigenvalue weighted by molar-refractivity contribution is 0.242. The molecule has 0 bridgehead atoms. The zero-order chi connectivity index (χ0) is 13.8. The van der Waals surface area contributed by atoms with Crippen LogP contribution >= 0.6 is 0 Å². The Morgan fingerprint density at radius 1 is 1.32 bits per heavy atom. The lowest BCUT2D eigenvalue weighted by Crippen LogP contribution is -2.18. The standard InChI is InChI=1S/C14H19N3O2/c1-9(2)18-12-6-4-5-11(8-12)14-16-13(17-19-14)7-10(3)15/h4-6,8-10H,7,15H2,1-3H3. The predicted octanol–water partition coefficient (Wildman–Crippen LogP) is 2.41. The number of hydrogen-bond donors (Lipinski definition) is 1. The first-order valence-electron chi connectivity index (χ1n) is 6.40. The fourth-order valence-electron chi connectivity index (χ4n) is 1.72. The Balaban J connectivity index is 2.19. The largest absolute Gasteiger partial charge is 0.491 e. The molecule has 2 N–H and O–H groups in total. The van der Waals surface area contributed by atoms with E-state index in [1.807, 2.05) is 45.0 Å². The molecule has 0 amide bonds. The van der Waals surface area contributed by atoms with E-state index in [2.05, 4.69) is 10.1 Å². The highest BCUT2D eigenvalue weighted by molar-refractivity contribution is 5.55. The van der Waals surface area contributed by atoms with Crippen LogP contribution in [-0.4, -0.2) is 22.3 Å². The third-order valence-corrected chi connectivity index (χ3v) is 2.43. The summed E-state index contributed by atoms with van der Waals surface area (Å²) in [6.45, 7) is 5.88. The van der Waals surface area contributed by atoms with E-state index in [9.17, 15) is 0 Å². The molecule has 1 unspecified atom stereocenters. The number of nitrogens with two attached hydrogens (primary N) is 1. The van der Waals surface area contributed by atoms with Crippen molar-refractivity contribution in [1.29, 1.82) is 0 Å². The van der Waals surface area contributed by atoms with Crippen molar-refractivity contribution in [3.05, 3.63) is 30.1 Å². The normalized spacial score (nSPS) is 12.7. The molecule has 0 spiro atoms. The molecule has 0 saturated carbocycles. The lowest BCUT2D eigenvalue weighted by Gasteiger charge is -2.09. The SMILES string of the molecule is CC(N)Cc1noc(-c2cccc(OC(C)C)c2)n1. The van der Waals surface area contributed by atoms with Gasteiger partial charge in [-0.1, -0.05) is 11.2 Å². The Hall–Kier alpha value is -1.88. The second-order valence-electron chi connectivity index (χ2n) is 4.89. The van der Waals surface area contributed by atoms with Gasteiger partial charge in [0.25, 0.3) is 5.89 Å². The second-order valence-corrected chi connectivity index (χ2v) is 4.89. The van der Waals surface area contributed by atoms with E-state index >= 15 is 0 Å². The van der Waals surface area contributed by atoms with Gasteiger partial charge in [-0.25, -0.2) is 0 Å². The number of rotatable bonds is 5. The van der Waals surface area contributed by atoms with E-state index in [-0.39, 0.29) is 12.1 Å². The molecule has 0 saturated heterocycles. The van der Waals surface area contributed by atoms with Crippen LogP contribution in [0.15, 0.2) is 28.8 Å². The van der Waals surface area contributed by atoms with Crippen molar-refractivity contribution in [2.75, 3.05) is 0 Å². The average molecular weight is 261 g/mol. The Labute approximate surface area is 112 Å². The van der Waals surface area contributed by atoms with Gasteiger partial charge in [0.2, 0.25) is 0 Å². The third kappa shape index (κ3) is 3.79. The average Bonchev–Trinajstić information content (AvgIpc) is 2.76. The van der Waals surface area contributed by atoms with Gasteiger partial charge in [-0.2, -0.15) is 4.98 Å². The Bertz CT molecular complexity index is 535. The number of nitrogens with zero attached hydrogens (tertiary/aromatic N) is 2. The summed E-state index contributed by atoms with van der Waals surface area (Å²) in [5.41, 5.74) is 6.56. The summed E-state index contributed by atoms with van der Waals surface area (Å²) >= 11 is 0. The van der Waals surface area contributed by atoms with Crippen molar-refractivity contribution in [3.63, 3.8) is 0 Å². The maximum atomic E-state index is 5.71. The lowest BCUT2D eigenvalue weighted by atomic mass is 10.2. The minimum Gasteiger partial charge on any atom is -0.491 e. The van der Waals surface area contributed by atoms with Crippen LogP contribution in [0.5, 0.6) is 5.75 Å². The predicted molar refractivity (Wildman–Crippen MR) is 72.9 cm³/mol. The molecule has 1 aromatic heterocycles. The van der Waals surface area contributed by atoms with E-state index in [4.69, 9.17) is 15.0 Å². The Morgan fingerprint density at radius 3 is 2.79 bits per heavy atom. The first-order valence-corrected chi connectivity index (χ1v) is 6.40. The minimum absolute atomic E-state index is 0.0149. The van der Waals surface area contributed by atoms with Crippen LogP contribution < -0.4 is 10.5 Å². The van der Waals surface area contributed by atoms with Crippen LogP contribution in [0, 0.1) is 0 Å². The molecule has 0 aliphatic heterocycles. The highest BCUT2D eigenvalue weighted by Crippen LogP contribution is 2.23. The monoisotopic (exact) mass is 261 g/mol. The van der Waals surface area contributed by atoms with Crippen LogP contribution in [0.2, 0.25) is 0 Å². The quantitative estimate of drug-likeness (QED) is 0.894. The number of benzene rings is 1. The second kappa shape index (κ2) is 5.84. The maximum Gasteiger partial charge on any atom is 0.258 e. The van der Waals surface area contributed by atoms with Crippen molar-refractivity contribution < 1.29 is 9.26 Å². The molecule has 1 atom stereocenters. The van der Waals surface area contributed by atoms with Gasteiger partial charge in [0.15, 0.2) is 5.82 Å². The number of ether oxygens (including phenoxy) is 1. The minimum atomic E-state index is 0.0149. The van der Waals surface area contributed by atoms with Gasteiger partial charge in [-0.05, 0) is 39.0 Å². The zero-order valence-electron chi connectivity index (χ0n) is 11.5. The first-order chi connectivity index (χ1) is 9.04. The molecule has 5 nitrogen and oxygen atoms in total. The van der Waals surface area contributed by atoms with Gasteiger partial charge >= 0.3 is 0 Å². The van der Waals surface area contributed by atoms with Crippen molar-refractivity contribution in [2.24, 2.45) is 5.73 Å². The Morgan fingerprint density at radius 2 is 2.11 bits per heavy atom. The van der Waals surface area contributed by atoms with Crippen LogP contribution in [0.25, 0.3) is 11.5 Å². The van der Waals surface area contributed by atoms with Crippen molar-refractivity contribution >= 4 is 0 Å². The summed E-state index contributed by atoms with van der Waals surface area (Å²) in [4.78, 5) is 4.33. The molecule has 2 aromatic rings. The molecule has 0 fully saturated rings. The first kappa shape index (κ1) is 13.5. The van der Waals surface area contributed by atoms with Gasteiger partial charge in [-0.15, -0.1) is 0 Å². The van der Waals surface area contributed by atoms with E-state index in [0.29, 0.717) is 18.1 Å². The van der Waals surface area contributed by atoms with Crippen molar-refractivity contribution in [1.82, 2.24) is 10.1 Å². The van der Waals surface area contributed by atoms with Crippen molar-refractivity contribution in [2.45, 2.75) is 39.3 Å². The fourth-order valence-corrected chi connectivity index (χ4v) is 1.72. The van der Waals surface area contributed by atoms with Crippen molar-refractivity contribution in [3.8, 4) is 17.2 Å². The molecule has 0 radical (unpaired) electrons. The third-order valence-electron chi connectivity index (χ3n) is 2.43. The maximum absolute atomic E-state index is 5.71. The van der Waals surface area contributed by atoms with Gasteiger partial charge in [-0.3, -0.25) is 0 Å². The summed E-state index contributed by atoms with van der Waals surface area (Å²) in [5.74, 6) is 1.91. The zero-order valence-corrected chi connectivity index (χ0v) is 11.5. The van der Waals surface area contributed by atoms with E-state index in [1.54, 1.807) is 0 Å². The Kier molecular flexibility index (Phi) is 4.16. The number of hydrogen-bond acceptors (Lipinski definition) is 5. The fraction of sp³-hybridized carbons (Fsp3) is 0.429. The highest BCUT2D eigenvalue weighted by Gasteiger charge is 2.11. The summed E-state index contributed by atoms with van der Waals surface area (Å²) < 4.78 is 10.9.